The first-order valence-corrected chi connectivity index (χ1v) is 7.46. The van der Waals surface area contributed by atoms with Crippen molar-refractivity contribution in [3.63, 3.8) is 0 Å². The van der Waals surface area contributed by atoms with Gasteiger partial charge in [0.2, 0.25) is 0 Å². The molecule has 0 amide bonds. The molecule has 106 valence electrons. The summed E-state index contributed by atoms with van der Waals surface area (Å²) >= 11 is 5.35. The first-order valence-electron chi connectivity index (χ1n) is 7.05. The summed E-state index contributed by atoms with van der Waals surface area (Å²) in [6.07, 6.45) is 2.81. The third kappa shape index (κ3) is 2.34. The minimum absolute atomic E-state index is 0.440. The van der Waals surface area contributed by atoms with E-state index in [-0.39, 0.29) is 0 Å². The molecule has 1 fully saturated rings. The Labute approximate surface area is 127 Å². The van der Waals surface area contributed by atoms with Gasteiger partial charge in [-0.15, -0.1) is 0 Å². The highest BCUT2D eigenvalue weighted by molar-refractivity contribution is 7.71. The number of furan rings is 1. The molecule has 2 heterocycles. The minimum atomic E-state index is 0.440. The van der Waals surface area contributed by atoms with E-state index < -0.39 is 0 Å². The lowest BCUT2D eigenvalue weighted by molar-refractivity contribution is 0.487. The second-order valence-electron chi connectivity index (χ2n) is 5.41. The Kier molecular flexibility index (Phi) is 3.00. The largest absolute Gasteiger partial charge is 0.467 e. The van der Waals surface area contributed by atoms with Crippen molar-refractivity contribution < 1.29 is 4.42 Å². The molecule has 21 heavy (non-hydrogen) atoms. The molecule has 1 saturated carbocycles. The van der Waals surface area contributed by atoms with Crippen LogP contribution in [0, 0.1) is 4.77 Å². The molecule has 0 aliphatic heterocycles. The van der Waals surface area contributed by atoms with Crippen molar-refractivity contribution in [3.8, 4) is 0 Å². The van der Waals surface area contributed by atoms with Crippen LogP contribution < -0.4 is 0 Å². The summed E-state index contributed by atoms with van der Waals surface area (Å²) in [5.41, 5.74) is 1.38. The summed E-state index contributed by atoms with van der Waals surface area (Å²) in [6, 6.07) is 14.4. The van der Waals surface area contributed by atoms with Crippen LogP contribution in [0.5, 0.6) is 0 Å². The maximum atomic E-state index is 5.42. The molecule has 5 heteroatoms. The fourth-order valence-electron chi connectivity index (χ4n) is 2.87. The number of nitrogens with one attached hydrogen (secondary N) is 1. The van der Waals surface area contributed by atoms with Crippen LogP contribution in [0.15, 0.2) is 53.1 Å². The summed E-state index contributed by atoms with van der Waals surface area (Å²) in [5.74, 6) is 2.91. The predicted molar refractivity (Wildman–Crippen MR) is 81.8 cm³/mol. The standard InChI is InChI=1S/C16H15N3OS/c21-16-18-17-15(19(16)10-12-7-4-8-20-12)14-9-13(14)11-5-2-1-3-6-11/h1-8,13-14H,9-10H2,(H,18,21)/t13-,14-/m1/s1. The van der Waals surface area contributed by atoms with E-state index in [1.165, 1.54) is 5.56 Å². The number of H-pyrrole nitrogens is 1. The van der Waals surface area contributed by atoms with Gasteiger partial charge in [0, 0.05) is 5.92 Å². The summed E-state index contributed by atoms with van der Waals surface area (Å²) in [5, 5.41) is 7.36. The lowest BCUT2D eigenvalue weighted by Crippen LogP contribution is -2.04. The van der Waals surface area contributed by atoms with Crippen LogP contribution in [0.25, 0.3) is 0 Å². The number of benzene rings is 1. The molecule has 2 aromatic heterocycles. The Hall–Kier alpha value is -2.14. The van der Waals surface area contributed by atoms with Crippen molar-refractivity contribution >= 4 is 12.2 Å². The van der Waals surface area contributed by atoms with Crippen LogP contribution in [0.4, 0.5) is 0 Å². The molecule has 0 spiro atoms. The van der Waals surface area contributed by atoms with Gasteiger partial charge < -0.3 is 4.42 Å². The lowest BCUT2D eigenvalue weighted by atomic mass is 10.1. The lowest BCUT2D eigenvalue weighted by Gasteiger charge is -2.05. The van der Waals surface area contributed by atoms with Crippen molar-refractivity contribution in [2.24, 2.45) is 0 Å². The smallest absolute Gasteiger partial charge is 0.195 e. The van der Waals surface area contributed by atoms with Crippen molar-refractivity contribution in [3.05, 3.63) is 70.6 Å². The SMILES string of the molecule is S=c1[nH]nc([C@@H]2C[C@@H]2c2ccccc2)n1Cc1ccco1. The number of aromatic nitrogens is 3. The molecule has 0 radical (unpaired) electrons. The summed E-state index contributed by atoms with van der Waals surface area (Å²) in [4.78, 5) is 0. The molecule has 1 aromatic carbocycles. The van der Waals surface area contributed by atoms with Gasteiger partial charge in [-0.3, -0.25) is 9.67 Å². The van der Waals surface area contributed by atoms with Crippen LogP contribution in [0.2, 0.25) is 0 Å². The molecule has 3 aromatic rings. The van der Waals surface area contributed by atoms with Crippen molar-refractivity contribution in [1.82, 2.24) is 14.8 Å². The number of rotatable bonds is 4. The zero-order valence-corrected chi connectivity index (χ0v) is 12.2. The molecule has 0 bridgehead atoms. The molecule has 4 nitrogen and oxygen atoms in total. The monoisotopic (exact) mass is 297 g/mol. The molecule has 1 aliphatic rings. The Morgan fingerprint density at radius 2 is 2.05 bits per heavy atom. The highest BCUT2D eigenvalue weighted by atomic mass is 32.1. The van der Waals surface area contributed by atoms with Crippen molar-refractivity contribution in [2.75, 3.05) is 0 Å². The highest BCUT2D eigenvalue weighted by Gasteiger charge is 2.42. The van der Waals surface area contributed by atoms with Gasteiger partial charge in [0.25, 0.3) is 0 Å². The maximum Gasteiger partial charge on any atom is 0.195 e. The summed E-state index contributed by atoms with van der Waals surface area (Å²) in [7, 11) is 0. The van der Waals surface area contributed by atoms with E-state index in [4.69, 9.17) is 16.6 Å². The van der Waals surface area contributed by atoms with Crippen LogP contribution in [-0.2, 0) is 6.54 Å². The third-order valence-corrected chi connectivity index (χ3v) is 4.34. The topological polar surface area (TPSA) is 46.8 Å². The Bertz CT molecular complexity index is 789. The normalized spacial score (nSPS) is 20.6. The Morgan fingerprint density at radius 3 is 2.81 bits per heavy atom. The molecule has 4 rings (SSSR count). The average Bonchev–Trinajstić information content (AvgIpc) is 2.97. The molecular weight excluding hydrogens is 282 g/mol. The van der Waals surface area contributed by atoms with E-state index in [0.717, 1.165) is 18.0 Å². The number of hydrogen-bond donors (Lipinski definition) is 1. The van der Waals surface area contributed by atoms with E-state index in [2.05, 4.69) is 34.5 Å². The van der Waals surface area contributed by atoms with Gasteiger partial charge in [0.05, 0.1) is 12.8 Å². The van der Waals surface area contributed by atoms with E-state index >= 15 is 0 Å². The zero-order valence-electron chi connectivity index (χ0n) is 11.4. The fraction of sp³-hybridized carbons (Fsp3) is 0.250. The van der Waals surface area contributed by atoms with Gasteiger partial charge in [-0.05, 0) is 42.3 Å². The molecule has 2 atom stereocenters. The van der Waals surface area contributed by atoms with E-state index in [1.54, 1.807) is 6.26 Å². The average molecular weight is 297 g/mol. The number of aromatic amines is 1. The van der Waals surface area contributed by atoms with Gasteiger partial charge in [-0.25, -0.2) is 0 Å². The quantitative estimate of drug-likeness (QED) is 0.744. The van der Waals surface area contributed by atoms with Crippen LogP contribution in [0.1, 0.15) is 35.4 Å². The van der Waals surface area contributed by atoms with Gasteiger partial charge in [-0.1, -0.05) is 30.3 Å². The summed E-state index contributed by atoms with van der Waals surface area (Å²) < 4.78 is 8.12. The predicted octanol–water partition coefficient (Wildman–Crippen LogP) is 3.85. The maximum absolute atomic E-state index is 5.42. The molecule has 0 unspecified atom stereocenters. The van der Waals surface area contributed by atoms with E-state index in [9.17, 15) is 0 Å². The Balaban J connectivity index is 1.61. The van der Waals surface area contributed by atoms with Gasteiger partial charge in [-0.2, -0.15) is 5.10 Å². The number of nitrogens with zero attached hydrogens (tertiary/aromatic N) is 2. The van der Waals surface area contributed by atoms with Gasteiger partial charge >= 0.3 is 0 Å². The van der Waals surface area contributed by atoms with Gasteiger partial charge in [0.1, 0.15) is 11.6 Å². The highest BCUT2D eigenvalue weighted by Crippen LogP contribution is 2.53. The van der Waals surface area contributed by atoms with Crippen molar-refractivity contribution in [2.45, 2.75) is 24.8 Å². The zero-order chi connectivity index (χ0) is 14.2. The van der Waals surface area contributed by atoms with Crippen LogP contribution in [0.3, 0.4) is 0 Å². The molecule has 0 saturated heterocycles. The minimum Gasteiger partial charge on any atom is -0.467 e. The number of hydrogen-bond acceptors (Lipinski definition) is 3. The van der Waals surface area contributed by atoms with Gasteiger partial charge in [0.15, 0.2) is 4.77 Å². The van der Waals surface area contributed by atoms with Crippen molar-refractivity contribution in [1.29, 1.82) is 0 Å². The van der Waals surface area contributed by atoms with Crippen LogP contribution >= 0.6 is 12.2 Å². The second-order valence-corrected chi connectivity index (χ2v) is 5.80. The first-order chi connectivity index (χ1) is 10.3. The molecule has 1 aliphatic carbocycles. The first kappa shape index (κ1) is 12.6. The van der Waals surface area contributed by atoms with Crippen LogP contribution in [-0.4, -0.2) is 14.8 Å². The summed E-state index contributed by atoms with van der Waals surface area (Å²) in [6.45, 7) is 0.635. The molecule has 1 N–H and O–H groups in total. The third-order valence-electron chi connectivity index (χ3n) is 4.03. The molecular formula is C16H15N3OS. The van der Waals surface area contributed by atoms with E-state index in [0.29, 0.717) is 23.2 Å². The van der Waals surface area contributed by atoms with E-state index in [1.807, 2.05) is 22.8 Å². The second kappa shape index (κ2) is 5.00. The fourth-order valence-corrected chi connectivity index (χ4v) is 3.08. The Morgan fingerprint density at radius 1 is 1.19 bits per heavy atom.